The number of H-pyrrole nitrogens is 1. The van der Waals surface area contributed by atoms with E-state index in [1.807, 2.05) is 0 Å². The zero-order chi connectivity index (χ0) is 11.9. The highest BCUT2D eigenvalue weighted by Crippen LogP contribution is 2.33. The SMILES string of the molecule is Cc1cc2c(=O)[nH]cnc2cc1C(F)(F)F. The van der Waals surface area contributed by atoms with Crippen molar-refractivity contribution in [2.75, 3.05) is 0 Å². The molecule has 0 aliphatic heterocycles. The van der Waals surface area contributed by atoms with Crippen molar-refractivity contribution in [2.45, 2.75) is 13.1 Å². The van der Waals surface area contributed by atoms with Crippen LogP contribution < -0.4 is 5.56 Å². The van der Waals surface area contributed by atoms with Crippen molar-refractivity contribution in [3.63, 3.8) is 0 Å². The number of nitrogens with zero attached hydrogens (tertiary/aromatic N) is 1. The Kier molecular flexibility index (Phi) is 2.22. The Morgan fingerprint density at radius 2 is 2.00 bits per heavy atom. The van der Waals surface area contributed by atoms with Gasteiger partial charge in [0.2, 0.25) is 0 Å². The second-order valence-corrected chi connectivity index (χ2v) is 3.41. The van der Waals surface area contributed by atoms with Crippen molar-refractivity contribution < 1.29 is 13.2 Å². The number of hydrogen-bond donors (Lipinski definition) is 1. The summed E-state index contributed by atoms with van der Waals surface area (Å²) in [5, 5.41) is 0.160. The van der Waals surface area contributed by atoms with E-state index in [1.165, 1.54) is 13.0 Å². The number of rotatable bonds is 0. The van der Waals surface area contributed by atoms with Crippen molar-refractivity contribution >= 4 is 10.9 Å². The zero-order valence-electron chi connectivity index (χ0n) is 8.22. The summed E-state index contributed by atoms with van der Waals surface area (Å²) in [6.45, 7) is 1.31. The molecule has 1 aromatic heterocycles. The summed E-state index contributed by atoms with van der Waals surface area (Å²) < 4.78 is 37.7. The minimum absolute atomic E-state index is 0.0125. The molecule has 1 heterocycles. The first-order valence-electron chi connectivity index (χ1n) is 4.45. The highest BCUT2D eigenvalue weighted by Gasteiger charge is 2.32. The predicted molar refractivity (Wildman–Crippen MR) is 52.1 cm³/mol. The molecule has 0 unspecified atom stereocenters. The van der Waals surface area contributed by atoms with Crippen LogP contribution in [0.15, 0.2) is 23.3 Å². The molecule has 0 aliphatic rings. The molecular formula is C10H7F3N2O. The van der Waals surface area contributed by atoms with Crippen molar-refractivity contribution in [2.24, 2.45) is 0 Å². The maximum Gasteiger partial charge on any atom is 0.416 e. The van der Waals surface area contributed by atoms with Crippen LogP contribution in [0.3, 0.4) is 0 Å². The van der Waals surface area contributed by atoms with Gasteiger partial charge in [0.15, 0.2) is 0 Å². The molecule has 84 valence electrons. The number of halogens is 3. The summed E-state index contributed by atoms with van der Waals surface area (Å²) in [5.41, 5.74) is -1.15. The van der Waals surface area contributed by atoms with Crippen LogP contribution in [0.4, 0.5) is 13.2 Å². The number of alkyl halides is 3. The van der Waals surface area contributed by atoms with Crippen molar-refractivity contribution in [1.82, 2.24) is 9.97 Å². The molecule has 3 nitrogen and oxygen atoms in total. The lowest BCUT2D eigenvalue weighted by atomic mass is 10.1. The summed E-state index contributed by atoms with van der Waals surface area (Å²) >= 11 is 0. The maximum absolute atomic E-state index is 12.6. The maximum atomic E-state index is 12.6. The van der Waals surface area contributed by atoms with Crippen LogP contribution in [-0.4, -0.2) is 9.97 Å². The molecule has 0 radical (unpaired) electrons. The molecule has 0 fully saturated rings. The fourth-order valence-corrected chi connectivity index (χ4v) is 1.53. The van der Waals surface area contributed by atoms with E-state index in [-0.39, 0.29) is 16.5 Å². The molecule has 16 heavy (non-hydrogen) atoms. The summed E-state index contributed by atoms with van der Waals surface area (Å²) in [4.78, 5) is 17.3. The minimum Gasteiger partial charge on any atom is -0.313 e. The molecule has 0 spiro atoms. The molecule has 0 saturated carbocycles. The normalized spacial score (nSPS) is 12.0. The molecule has 0 saturated heterocycles. The zero-order valence-corrected chi connectivity index (χ0v) is 8.22. The fraction of sp³-hybridized carbons (Fsp3) is 0.200. The number of aromatic amines is 1. The average molecular weight is 228 g/mol. The van der Waals surface area contributed by atoms with Crippen LogP contribution in [0.2, 0.25) is 0 Å². The highest BCUT2D eigenvalue weighted by molar-refractivity contribution is 5.79. The molecule has 0 atom stereocenters. The average Bonchev–Trinajstić information content (AvgIpc) is 2.17. The predicted octanol–water partition coefficient (Wildman–Crippen LogP) is 2.25. The van der Waals surface area contributed by atoms with Gasteiger partial charge in [-0.1, -0.05) is 0 Å². The summed E-state index contributed by atoms with van der Waals surface area (Å²) in [7, 11) is 0. The van der Waals surface area contributed by atoms with E-state index in [2.05, 4.69) is 9.97 Å². The van der Waals surface area contributed by atoms with Crippen molar-refractivity contribution in [3.05, 3.63) is 39.9 Å². The minimum atomic E-state index is -4.43. The lowest BCUT2D eigenvalue weighted by Gasteiger charge is -2.10. The van der Waals surface area contributed by atoms with Crippen LogP contribution in [0, 0.1) is 6.92 Å². The first kappa shape index (κ1) is 10.7. The second-order valence-electron chi connectivity index (χ2n) is 3.41. The standard InChI is InChI=1S/C10H7F3N2O/c1-5-2-6-8(14-4-15-9(6)16)3-7(5)10(11,12)13/h2-4H,1H3,(H,14,15,16). The quantitative estimate of drug-likeness (QED) is 0.751. The molecule has 0 bridgehead atoms. The molecule has 1 aromatic carbocycles. The summed E-state index contributed by atoms with van der Waals surface area (Å²) in [6.07, 6.45) is -3.34. The Morgan fingerprint density at radius 1 is 1.31 bits per heavy atom. The van der Waals surface area contributed by atoms with E-state index in [9.17, 15) is 18.0 Å². The Balaban J connectivity index is 2.83. The Bertz CT molecular complexity index is 601. The third-order valence-electron chi connectivity index (χ3n) is 2.29. The van der Waals surface area contributed by atoms with E-state index in [0.717, 1.165) is 12.4 Å². The van der Waals surface area contributed by atoms with Gasteiger partial charge in [0.05, 0.1) is 22.8 Å². The monoisotopic (exact) mass is 228 g/mol. The van der Waals surface area contributed by atoms with Gasteiger partial charge < -0.3 is 4.98 Å². The van der Waals surface area contributed by atoms with Crippen LogP contribution in [0.1, 0.15) is 11.1 Å². The molecule has 2 rings (SSSR count). The third-order valence-corrected chi connectivity index (χ3v) is 2.29. The van der Waals surface area contributed by atoms with Crippen molar-refractivity contribution in [3.8, 4) is 0 Å². The van der Waals surface area contributed by atoms with Gasteiger partial charge in [0.1, 0.15) is 0 Å². The van der Waals surface area contributed by atoms with Crippen LogP contribution >= 0.6 is 0 Å². The number of benzene rings is 1. The van der Waals surface area contributed by atoms with Gasteiger partial charge in [-0.15, -0.1) is 0 Å². The third kappa shape index (κ3) is 1.66. The van der Waals surface area contributed by atoms with Gasteiger partial charge in [-0.3, -0.25) is 4.79 Å². The fourth-order valence-electron chi connectivity index (χ4n) is 1.53. The van der Waals surface area contributed by atoms with Crippen LogP contribution in [-0.2, 0) is 6.18 Å². The number of aromatic nitrogens is 2. The highest BCUT2D eigenvalue weighted by atomic mass is 19.4. The van der Waals surface area contributed by atoms with Crippen LogP contribution in [0.25, 0.3) is 10.9 Å². The molecule has 0 amide bonds. The molecule has 0 aliphatic carbocycles. The number of nitrogens with one attached hydrogen (secondary N) is 1. The van der Waals surface area contributed by atoms with E-state index in [1.54, 1.807) is 0 Å². The van der Waals surface area contributed by atoms with Gasteiger partial charge in [0, 0.05) is 0 Å². The first-order valence-corrected chi connectivity index (χ1v) is 4.45. The first-order chi connectivity index (χ1) is 7.39. The van der Waals surface area contributed by atoms with E-state index in [0.29, 0.717) is 0 Å². The van der Waals surface area contributed by atoms with Crippen molar-refractivity contribution in [1.29, 1.82) is 0 Å². The summed E-state index contributed by atoms with van der Waals surface area (Å²) in [6, 6.07) is 2.09. The van der Waals surface area contributed by atoms with Gasteiger partial charge in [0.25, 0.3) is 5.56 Å². The molecule has 2 aromatic rings. The molecule has 6 heteroatoms. The lowest BCUT2D eigenvalue weighted by Crippen LogP contribution is -2.11. The molecular weight excluding hydrogens is 221 g/mol. The van der Waals surface area contributed by atoms with Gasteiger partial charge in [-0.05, 0) is 24.6 Å². The summed E-state index contributed by atoms with van der Waals surface area (Å²) in [5.74, 6) is 0. The lowest BCUT2D eigenvalue weighted by molar-refractivity contribution is -0.137. The largest absolute Gasteiger partial charge is 0.416 e. The Labute approximate surface area is 87.9 Å². The van der Waals surface area contributed by atoms with E-state index < -0.39 is 17.3 Å². The number of hydrogen-bond acceptors (Lipinski definition) is 2. The van der Waals surface area contributed by atoms with Gasteiger partial charge >= 0.3 is 6.18 Å². The number of fused-ring (bicyclic) bond motifs is 1. The number of aryl methyl sites for hydroxylation is 1. The topological polar surface area (TPSA) is 45.8 Å². The van der Waals surface area contributed by atoms with E-state index >= 15 is 0 Å². The Hall–Kier alpha value is -1.85. The smallest absolute Gasteiger partial charge is 0.313 e. The second kappa shape index (κ2) is 3.33. The van der Waals surface area contributed by atoms with Gasteiger partial charge in [-0.25, -0.2) is 4.98 Å². The molecule has 1 N–H and O–H groups in total. The van der Waals surface area contributed by atoms with E-state index in [4.69, 9.17) is 0 Å². The van der Waals surface area contributed by atoms with Gasteiger partial charge in [-0.2, -0.15) is 13.2 Å². The van der Waals surface area contributed by atoms with Crippen LogP contribution in [0.5, 0.6) is 0 Å². The Morgan fingerprint density at radius 3 is 2.62 bits per heavy atom.